The molecule has 160 valence electrons. The fourth-order valence-electron chi connectivity index (χ4n) is 4.73. The van der Waals surface area contributed by atoms with Crippen molar-refractivity contribution in [3.63, 3.8) is 0 Å². The van der Waals surface area contributed by atoms with Crippen LogP contribution in [0.5, 0.6) is 0 Å². The van der Waals surface area contributed by atoms with Gasteiger partial charge in [-0.3, -0.25) is 9.79 Å². The molecule has 0 bridgehead atoms. The zero-order chi connectivity index (χ0) is 19.6. The lowest BCUT2D eigenvalue weighted by Gasteiger charge is -2.23. The zero-order valence-electron chi connectivity index (χ0n) is 17.1. The summed E-state index contributed by atoms with van der Waals surface area (Å²) in [6.07, 6.45) is 7.40. The Kier molecular flexibility index (Phi) is 7.40. The smallest absolute Gasteiger partial charge is 0.225 e. The predicted molar refractivity (Wildman–Crippen MR) is 124 cm³/mol. The Labute approximate surface area is 189 Å². The fraction of sp³-hybridized carbons (Fsp3) is 0.636. The molecule has 7 heteroatoms. The van der Waals surface area contributed by atoms with Crippen LogP contribution in [0.3, 0.4) is 0 Å². The van der Waals surface area contributed by atoms with Gasteiger partial charge < -0.3 is 15.5 Å². The molecule has 2 saturated carbocycles. The zero-order valence-corrected chi connectivity index (χ0v) is 19.5. The maximum absolute atomic E-state index is 14.2. The van der Waals surface area contributed by atoms with Gasteiger partial charge in [-0.15, -0.1) is 24.0 Å². The predicted octanol–water partition coefficient (Wildman–Crippen LogP) is 3.43. The lowest BCUT2D eigenvalue weighted by atomic mass is 9.95. The number of halogens is 2. The molecule has 1 aromatic carbocycles. The van der Waals surface area contributed by atoms with Crippen LogP contribution in [0.15, 0.2) is 29.3 Å². The first-order valence-electron chi connectivity index (χ1n) is 10.6. The number of hydrogen-bond acceptors (Lipinski definition) is 2. The molecule has 3 aliphatic rings. The van der Waals surface area contributed by atoms with Gasteiger partial charge in [0.05, 0.1) is 0 Å². The van der Waals surface area contributed by atoms with E-state index in [4.69, 9.17) is 0 Å². The first-order valence-corrected chi connectivity index (χ1v) is 10.6. The van der Waals surface area contributed by atoms with Crippen molar-refractivity contribution < 1.29 is 9.18 Å². The van der Waals surface area contributed by atoms with E-state index in [9.17, 15) is 9.18 Å². The monoisotopic (exact) mass is 514 g/mol. The normalized spacial score (nSPS) is 23.6. The van der Waals surface area contributed by atoms with Gasteiger partial charge in [0.25, 0.3) is 0 Å². The topological polar surface area (TPSA) is 56.7 Å². The van der Waals surface area contributed by atoms with E-state index in [1.54, 1.807) is 13.1 Å². The van der Waals surface area contributed by atoms with Crippen LogP contribution < -0.4 is 10.6 Å². The van der Waals surface area contributed by atoms with Crippen molar-refractivity contribution in [3.8, 4) is 0 Å². The molecule has 0 spiro atoms. The van der Waals surface area contributed by atoms with Crippen molar-refractivity contribution in [1.82, 2.24) is 15.5 Å². The fourth-order valence-corrected chi connectivity index (χ4v) is 4.73. The number of likely N-dealkylation sites (tertiary alicyclic amines) is 1. The number of carbonyl (C=O) groups excluding carboxylic acids is 1. The Morgan fingerprint density at radius 2 is 1.97 bits per heavy atom. The highest BCUT2D eigenvalue weighted by Gasteiger charge is 2.46. The maximum atomic E-state index is 14.2. The number of carbonyl (C=O) groups is 1. The molecule has 0 radical (unpaired) electrons. The molecule has 5 nitrogen and oxygen atoms in total. The first-order chi connectivity index (χ1) is 13.6. The van der Waals surface area contributed by atoms with Gasteiger partial charge in [0.1, 0.15) is 5.82 Å². The summed E-state index contributed by atoms with van der Waals surface area (Å²) in [6, 6.07) is 7.29. The molecule has 1 aliphatic heterocycles. The summed E-state index contributed by atoms with van der Waals surface area (Å²) in [5, 5.41) is 6.85. The van der Waals surface area contributed by atoms with Crippen LogP contribution in [0, 0.1) is 11.7 Å². The summed E-state index contributed by atoms with van der Waals surface area (Å²) in [5.41, 5.74) is 0.676. The Bertz CT molecular complexity index is 746. The van der Waals surface area contributed by atoms with Gasteiger partial charge in [-0.1, -0.05) is 31.0 Å². The summed E-state index contributed by atoms with van der Waals surface area (Å²) in [5.74, 6) is 1.19. The minimum atomic E-state index is -0.124. The summed E-state index contributed by atoms with van der Waals surface area (Å²) < 4.78 is 14.2. The Hall–Kier alpha value is -1.38. The number of benzene rings is 1. The van der Waals surface area contributed by atoms with Crippen LogP contribution in [0.25, 0.3) is 0 Å². The number of aliphatic imine (C=N–C) groups is 1. The van der Waals surface area contributed by atoms with E-state index in [0.717, 1.165) is 56.7 Å². The minimum absolute atomic E-state index is 0. The molecule has 2 N–H and O–H groups in total. The molecule has 1 heterocycles. The van der Waals surface area contributed by atoms with E-state index in [0.29, 0.717) is 12.5 Å². The summed E-state index contributed by atoms with van der Waals surface area (Å²) >= 11 is 0. The van der Waals surface area contributed by atoms with Crippen molar-refractivity contribution >= 4 is 35.8 Å². The Morgan fingerprint density at radius 3 is 2.62 bits per heavy atom. The first kappa shape index (κ1) is 22.3. The van der Waals surface area contributed by atoms with E-state index in [-0.39, 0.29) is 47.2 Å². The van der Waals surface area contributed by atoms with Crippen LogP contribution in [-0.2, 0) is 10.2 Å². The molecule has 1 aromatic rings. The second-order valence-electron chi connectivity index (χ2n) is 8.58. The number of rotatable bonds is 5. The SMILES string of the molecule is CN=C(NCC1(c2ccccc2F)CC1)NC1CCN(C(=O)C2CCCC2)C1.I. The van der Waals surface area contributed by atoms with E-state index in [1.807, 2.05) is 17.0 Å². The highest BCUT2D eigenvalue weighted by atomic mass is 127. The third-order valence-corrected chi connectivity index (χ3v) is 6.66. The number of nitrogens with zero attached hydrogens (tertiary/aromatic N) is 2. The van der Waals surface area contributed by atoms with Crippen LogP contribution in [0.4, 0.5) is 4.39 Å². The molecular formula is C22H32FIN4O. The molecule has 3 fully saturated rings. The van der Waals surface area contributed by atoms with Crippen LogP contribution in [0.2, 0.25) is 0 Å². The number of guanidine groups is 1. The molecule has 1 atom stereocenters. The van der Waals surface area contributed by atoms with Crippen LogP contribution in [0.1, 0.15) is 50.5 Å². The third kappa shape index (κ3) is 5.03. The molecule has 2 aliphatic carbocycles. The lowest BCUT2D eigenvalue weighted by molar-refractivity contribution is -0.134. The molecule has 1 amide bonds. The second-order valence-corrected chi connectivity index (χ2v) is 8.58. The second kappa shape index (κ2) is 9.62. The average Bonchev–Trinajstić information content (AvgIpc) is 3.11. The number of nitrogens with one attached hydrogen (secondary N) is 2. The van der Waals surface area contributed by atoms with Gasteiger partial charge >= 0.3 is 0 Å². The quantitative estimate of drug-likeness (QED) is 0.360. The largest absolute Gasteiger partial charge is 0.356 e. The lowest BCUT2D eigenvalue weighted by Crippen LogP contribution is -2.47. The van der Waals surface area contributed by atoms with Crippen molar-refractivity contribution in [1.29, 1.82) is 0 Å². The summed E-state index contributed by atoms with van der Waals surface area (Å²) in [6.45, 7) is 2.24. The van der Waals surface area contributed by atoms with E-state index in [1.165, 1.54) is 18.9 Å². The van der Waals surface area contributed by atoms with Crippen molar-refractivity contribution in [3.05, 3.63) is 35.6 Å². The Balaban J connectivity index is 0.00000240. The maximum Gasteiger partial charge on any atom is 0.225 e. The highest BCUT2D eigenvalue weighted by molar-refractivity contribution is 14.0. The Morgan fingerprint density at radius 1 is 1.24 bits per heavy atom. The van der Waals surface area contributed by atoms with Gasteiger partial charge in [-0.25, -0.2) is 4.39 Å². The van der Waals surface area contributed by atoms with Crippen LogP contribution >= 0.6 is 24.0 Å². The van der Waals surface area contributed by atoms with Gasteiger partial charge in [0.2, 0.25) is 5.91 Å². The third-order valence-electron chi connectivity index (χ3n) is 6.66. The van der Waals surface area contributed by atoms with Gasteiger partial charge in [-0.05, 0) is 43.7 Å². The highest BCUT2D eigenvalue weighted by Crippen LogP contribution is 2.48. The molecule has 4 rings (SSSR count). The molecule has 1 saturated heterocycles. The minimum Gasteiger partial charge on any atom is -0.356 e. The average molecular weight is 514 g/mol. The van der Waals surface area contributed by atoms with Crippen molar-refractivity contribution in [2.75, 3.05) is 26.7 Å². The van der Waals surface area contributed by atoms with Gasteiger partial charge in [0.15, 0.2) is 5.96 Å². The summed E-state index contributed by atoms with van der Waals surface area (Å²) in [7, 11) is 1.76. The van der Waals surface area contributed by atoms with Crippen LogP contribution in [-0.4, -0.2) is 49.5 Å². The van der Waals surface area contributed by atoms with Gasteiger partial charge in [-0.2, -0.15) is 0 Å². The standard InChI is InChI=1S/C22H31FN4O.HI/c1-24-21(25-15-22(11-12-22)18-8-4-5-9-19(18)23)26-17-10-13-27(14-17)20(28)16-6-2-3-7-16;/h4-5,8-9,16-17H,2-3,6-7,10-15H2,1H3,(H2,24,25,26);1H. The molecule has 29 heavy (non-hydrogen) atoms. The van der Waals surface area contributed by atoms with Crippen molar-refractivity contribution in [2.45, 2.75) is 56.4 Å². The van der Waals surface area contributed by atoms with E-state index in [2.05, 4.69) is 15.6 Å². The van der Waals surface area contributed by atoms with E-state index < -0.39 is 0 Å². The van der Waals surface area contributed by atoms with E-state index >= 15 is 0 Å². The van der Waals surface area contributed by atoms with Gasteiger partial charge in [0, 0.05) is 44.1 Å². The van der Waals surface area contributed by atoms with Crippen molar-refractivity contribution in [2.24, 2.45) is 10.9 Å². The number of amides is 1. The molecule has 0 aromatic heterocycles. The molecule has 1 unspecified atom stereocenters. The molecular weight excluding hydrogens is 482 g/mol. The summed E-state index contributed by atoms with van der Waals surface area (Å²) in [4.78, 5) is 19.0. The number of hydrogen-bond donors (Lipinski definition) is 2.